The number of aliphatic carboxylic acids is 1. The van der Waals surface area contributed by atoms with E-state index in [1.165, 1.54) is 22.0 Å². The molecule has 1 saturated heterocycles. The minimum Gasteiger partial charge on any atom is -0.481 e. The number of carboxylic acid groups (broad SMARTS) is 1. The second kappa shape index (κ2) is 6.17. The van der Waals surface area contributed by atoms with Crippen molar-refractivity contribution in [3.05, 3.63) is 35.5 Å². The number of carbonyl (C=O) groups is 1. The van der Waals surface area contributed by atoms with Crippen LogP contribution in [0.5, 0.6) is 0 Å². The largest absolute Gasteiger partial charge is 0.481 e. The lowest BCUT2D eigenvalue weighted by atomic mass is 9.72. The summed E-state index contributed by atoms with van der Waals surface area (Å²) >= 11 is 0. The lowest BCUT2D eigenvalue weighted by molar-refractivity contribution is -0.144. The molecular formula is C21H28N2O2. The Hall–Kier alpha value is -1.81. The van der Waals surface area contributed by atoms with Gasteiger partial charge in [-0.2, -0.15) is 0 Å². The van der Waals surface area contributed by atoms with Gasteiger partial charge in [-0.05, 0) is 49.9 Å². The Morgan fingerprint density at radius 3 is 2.76 bits per heavy atom. The summed E-state index contributed by atoms with van der Waals surface area (Å²) in [5.41, 5.74) is 4.14. The van der Waals surface area contributed by atoms with Gasteiger partial charge in [0, 0.05) is 41.6 Å². The summed E-state index contributed by atoms with van der Waals surface area (Å²) in [4.78, 5) is 13.9. The van der Waals surface area contributed by atoms with Crippen molar-refractivity contribution in [1.29, 1.82) is 0 Å². The van der Waals surface area contributed by atoms with Gasteiger partial charge in [-0.15, -0.1) is 0 Å². The molecule has 4 nitrogen and oxygen atoms in total. The standard InChI is InChI=1S/C21H28N2O2/c1-4-15(5-2)23-12-13-10-19-17(9-14(21(24)25)11-22(19)3)16-7-6-8-18(23)20(13)16/h6-8,12,14-15,17,19H,4-5,9-11H2,1-3H3,(H,24,25)/t14?,17?,19-/m1/s1. The molecule has 1 aromatic heterocycles. The van der Waals surface area contributed by atoms with E-state index in [4.69, 9.17) is 0 Å². The third kappa shape index (κ3) is 2.50. The molecule has 2 aliphatic rings. The summed E-state index contributed by atoms with van der Waals surface area (Å²) in [6.07, 6.45) is 6.45. The summed E-state index contributed by atoms with van der Waals surface area (Å²) < 4.78 is 2.47. The van der Waals surface area contributed by atoms with Gasteiger partial charge < -0.3 is 14.6 Å². The van der Waals surface area contributed by atoms with Crippen LogP contribution in [0.2, 0.25) is 0 Å². The van der Waals surface area contributed by atoms with Crippen molar-refractivity contribution in [2.24, 2.45) is 5.92 Å². The van der Waals surface area contributed by atoms with Gasteiger partial charge in [-0.1, -0.05) is 26.0 Å². The third-order valence-corrected chi connectivity index (χ3v) is 6.56. The van der Waals surface area contributed by atoms with E-state index in [2.05, 4.69) is 54.8 Å². The summed E-state index contributed by atoms with van der Waals surface area (Å²) in [5, 5.41) is 10.9. The average Bonchev–Trinajstić information content (AvgIpc) is 2.97. The number of nitrogens with zero attached hydrogens (tertiary/aromatic N) is 2. The van der Waals surface area contributed by atoms with E-state index in [0.29, 0.717) is 24.5 Å². The third-order valence-electron chi connectivity index (χ3n) is 6.56. The second-order valence-corrected chi connectivity index (χ2v) is 7.86. The second-order valence-electron chi connectivity index (χ2n) is 7.86. The maximum atomic E-state index is 11.6. The van der Waals surface area contributed by atoms with Crippen molar-refractivity contribution in [2.75, 3.05) is 13.6 Å². The van der Waals surface area contributed by atoms with E-state index in [1.54, 1.807) is 0 Å². The molecular weight excluding hydrogens is 312 g/mol. The quantitative estimate of drug-likeness (QED) is 0.913. The molecule has 1 aromatic carbocycles. The zero-order chi connectivity index (χ0) is 17.7. The Labute approximate surface area is 149 Å². The molecule has 0 amide bonds. The predicted molar refractivity (Wildman–Crippen MR) is 100 cm³/mol. The molecule has 0 radical (unpaired) electrons. The normalized spacial score (nSPS) is 26.2. The van der Waals surface area contributed by atoms with Crippen molar-refractivity contribution < 1.29 is 9.90 Å². The molecule has 1 aliphatic carbocycles. The van der Waals surface area contributed by atoms with Crippen LogP contribution in [0.25, 0.3) is 10.9 Å². The Morgan fingerprint density at radius 1 is 1.32 bits per heavy atom. The summed E-state index contributed by atoms with van der Waals surface area (Å²) in [6.45, 7) is 5.18. The van der Waals surface area contributed by atoms with Gasteiger partial charge in [-0.25, -0.2) is 0 Å². The molecule has 1 aliphatic heterocycles. The van der Waals surface area contributed by atoms with Gasteiger partial charge >= 0.3 is 5.97 Å². The van der Waals surface area contributed by atoms with Crippen LogP contribution < -0.4 is 0 Å². The summed E-state index contributed by atoms with van der Waals surface area (Å²) in [7, 11) is 2.09. The average molecular weight is 340 g/mol. The molecule has 1 fully saturated rings. The van der Waals surface area contributed by atoms with Crippen LogP contribution in [0.1, 0.15) is 56.2 Å². The number of rotatable bonds is 4. The van der Waals surface area contributed by atoms with Gasteiger partial charge in [0.05, 0.1) is 5.92 Å². The summed E-state index contributed by atoms with van der Waals surface area (Å²) in [5.74, 6) is -0.587. The molecule has 25 heavy (non-hydrogen) atoms. The molecule has 0 bridgehead atoms. The van der Waals surface area contributed by atoms with Crippen molar-refractivity contribution in [2.45, 2.75) is 57.5 Å². The first kappa shape index (κ1) is 16.6. The Balaban J connectivity index is 1.84. The van der Waals surface area contributed by atoms with Gasteiger partial charge in [0.15, 0.2) is 0 Å². The molecule has 4 rings (SSSR count). The Bertz CT molecular complexity index is 806. The molecule has 0 spiro atoms. The number of piperidine rings is 1. The Morgan fingerprint density at radius 2 is 2.08 bits per heavy atom. The number of aromatic nitrogens is 1. The van der Waals surface area contributed by atoms with E-state index in [1.807, 2.05) is 0 Å². The van der Waals surface area contributed by atoms with Crippen LogP contribution >= 0.6 is 0 Å². The first-order chi connectivity index (χ1) is 12.0. The lowest BCUT2D eigenvalue weighted by Gasteiger charge is -2.44. The highest BCUT2D eigenvalue weighted by Gasteiger charge is 2.41. The fourth-order valence-corrected chi connectivity index (χ4v) is 5.24. The van der Waals surface area contributed by atoms with Crippen LogP contribution in [-0.4, -0.2) is 40.2 Å². The molecule has 2 heterocycles. The van der Waals surface area contributed by atoms with E-state index in [0.717, 1.165) is 25.7 Å². The van der Waals surface area contributed by atoms with Crippen molar-refractivity contribution in [3.8, 4) is 0 Å². The number of hydrogen-bond donors (Lipinski definition) is 1. The number of likely N-dealkylation sites (tertiary alicyclic amines) is 1. The topological polar surface area (TPSA) is 45.5 Å². The van der Waals surface area contributed by atoms with Gasteiger partial charge in [0.25, 0.3) is 0 Å². The van der Waals surface area contributed by atoms with Crippen LogP contribution in [0.4, 0.5) is 0 Å². The fourth-order valence-electron chi connectivity index (χ4n) is 5.24. The smallest absolute Gasteiger partial charge is 0.307 e. The number of likely N-dealkylation sites (N-methyl/N-ethyl adjacent to an activating group) is 1. The highest BCUT2D eigenvalue weighted by Crippen LogP contribution is 2.45. The minimum atomic E-state index is -0.655. The number of hydrogen-bond acceptors (Lipinski definition) is 2. The maximum absolute atomic E-state index is 11.6. The van der Waals surface area contributed by atoms with Gasteiger partial charge in [0.2, 0.25) is 0 Å². The van der Waals surface area contributed by atoms with Crippen LogP contribution in [-0.2, 0) is 11.2 Å². The van der Waals surface area contributed by atoms with Crippen LogP contribution in [0, 0.1) is 5.92 Å². The van der Waals surface area contributed by atoms with Crippen LogP contribution in [0.3, 0.4) is 0 Å². The molecule has 1 N–H and O–H groups in total. The lowest BCUT2D eigenvalue weighted by Crippen LogP contribution is -2.49. The van der Waals surface area contributed by atoms with Crippen molar-refractivity contribution in [1.82, 2.24) is 9.47 Å². The number of carboxylic acids is 1. The monoisotopic (exact) mass is 340 g/mol. The molecule has 3 atom stereocenters. The van der Waals surface area contributed by atoms with E-state index in [-0.39, 0.29) is 5.92 Å². The zero-order valence-corrected chi connectivity index (χ0v) is 15.4. The van der Waals surface area contributed by atoms with Crippen molar-refractivity contribution in [3.63, 3.8) is 0 Å². The maximum Gasteiger partial charge on any atom is 0.307 e. The SMILES string of the molecule is CCC(CC)n1cc2c3c(cccc31)C1CC(C(=O)O)CN(C)[C@@H]1C2. The molecule has 134 valence electrons. The molecule has 0 saturated carbocycles. The van der Waals surface area contributed by atoms with Gasteiger partial charge in [-0.3, -0.25) is 4.79 Å². The Kier molecular flexibility index (Phi) is 4.11. The molecule has 4 heteroatoms. The highest BCUT2D eigenvalue weighted by atomic mass is 16.4. The first-order valence-corrected chi connectivity index (χ1v) is 9.60. The number of fused-ring (bicyclic) bond motifs is 2. The van der Waals surface area contributed by atoms with E-state index < -0.39 is 5.97 Å². The molecule has 2 unspecified atom stereocenters. The fraction of sp³-hybridized carbons (Fsp3) is 0.571. The zero-order valence-electron chi connectivity index (χ0n) is 15.4. The van der Waals surface area contributed by atoms with Gasteiger partial charge in [0.1, 0.15) is 0 Å². The van der Waals surface area contributed by atoms with Crippen LogP contribution in [0.15, 0.2) is 24.4 Å². The highest BCUT2D eigenvalue weighted by molar-refractivity contribution is 5.89. The first-order valence-electron chi connectivity index (χ1n) is 9.60. The number of benzene rings is 1. The van der Waals surface area contributed by atoms with Crippen molar-refractivity contribution >= 4 is 16.9 Å². The minimum absolute atomic E-state index is 0.260. The summed E-state index contributed by atoms with van der Waals surface area (Å²) in [6, 6.07) is 7.59. The van der Waals surface area contributed by atoms with E-state index in [9.17, 15) is 9.90 Å². The van der Waals surface area contributed by atoms with E-state index >= 15 is 0 Å². The predicted octanol–water partition coefficient (Wildman–Crippen LogP) is 4.05. The molecule has 2 aromatic rings.